The monoisotopic (exact) mass is 159 g/mol. The van der Waals surface area contributed by atoms with Gasteiger partial charge < -0.3 is 5.11 Å². The molecule has 0 unspecified atom stereocenters. The molecule has 11 heavy (non-hydrogen) atoms. The number of nitrogens with one attached hydrogen (secondary N) is 1. The second kappa shape index (κ2) is 3.34. The number of carboxylic acids is 1. The minimum absolute atomic E-state index is 0.0452. The molecule has 0 aliphatic heterocycles. The molecule has 1 amide bonds. The Labute approximate surface area is 63.3 Å². The summed E-state index contributed by atoms with van der Waals surface area (Å²) in [5.74, 6) is -1.27. The van der Waals surface area contributed by atoms with Gasteiger partial charge in [-0.1, -0.05) is 0 Å². The first-order chi connectivity index (χ1) is 5.20. The summed E-state index contributed by atoms with van der Waals surface area (Å²) in [6.07, 6.45) is 1.75. The molecule has 1 saturated carbocycles. The molecule has 1 aliphatic carbocycles. The van der Waals surface area contributed by atoms with E-state index in [0.29, 0.717) is 0 Å². The molecule has 0 atom stereocenters. The maximum Gasteiger partial charge on any atom is 0.332 e. The Morgan fingerprint density at radius 2 is 2.18 bits per heavy atom. The number of hydrogen-bond acceptors (Lipinski definition) is 3. The fraction of sp³-hybridized carbons (Fsp3) is 0.667. The van der Waals surface area contributed by atoms with E-state index < -0.39 is 12.6 Å². The van der Waals surface area contributed by atoms with Gasteiger partial charge in [-0.15, -0.1) is 0 Å². The molecule has 0 aromatic heterocycles. The second-order valence-corrected chi connectivity index (χ2v) is 2.42. The zero-order valence-electron chi connectivity index (χ0n) is 5.87. The maximum absolute atomic E-state index is 10.8. The quantitative estimate of drug-likeness (QED) is 0.543. The van der Waals surface area contributed by atoms with Gasteiger partial charge in [0.25, 0.3) is 0 Å². The summed E-state index contributed by atoms with van der Waals surface area (Å²) in [5.41, 5.74) is 2.06. The molecule has 0 bridgehead atoms. The summed E-state index contributed by atoms with van der Waals surface area (Å²) in [7, 11) is 0. The predicted octanol–water partition coefficient (Wildman–Crippen LogP) is -0.471. The van der Waals surface area contributed by atoms with E-state index in [2.05, 4.69) is 10.3 Å². The first kappa shape index (κ1) is 8.00. The molecule has 0 radical (unpaired) electrons. The van der Waals surface area contributed by atoms with E-state index in [1.807, 2.05) is 0 Å². The van der Waals surface area contributed by atoms with Gasteiger partial charge in [0, 0.05) is 5.92 Å². The van der Waals surface area contributed by atoms with Crippen molar-refractivity contribution < 1.29 is 19.5 Å². The maximum atomic E-state index is 10.8. The minimum Gasteiger partial charge on any atom is -0.479 e. The molecule has 0 spiro atoms. The van der Waals surface area contributed by atoms with Crippen molar-refractivity contribution >= 4 is 11.9 Å². The van der Waals surface area contributed by atoms with Crippen molar-refractivity contribution in [3.05, 3.63) is 0 Å². The van der Waals surface area contributed by atoms with Gasteiger partial charge in [-0.3, -0.25) is 9.63 Å². The van der Waals surface area contributed by atoms with Gasteiger partial charge in [0.1, 0.15) is 0 Å². The van der Waals surface area contributed by atoms with Crippen LogP contribution < -0.4 is 5.48 Å². The Morgan fingerprint density at radius 3 is 2.64 bits per heavy atom. The van der Waals surface area contributed by atoms with Crippen molar-refractivity contribution in [1.29, 1.82) is 0 Å². The van der Waals surface area contributed by atoms with Gasteiger partial charge >= 0.3 is 5.97 Å². The highest BCUT2D eigenvalue weighted by Crippen LogP contribution is 2.28. The Morgan fingerprint density at radius 1 is 1.55 bits per heavy atom. The van der Waals surface area contributed by atoms with E-state index in [9.17, 15) is 9.59 Å². The van der Waals surface area contributed by atoms with Crippen LogP contribution in [0.15, 0.2) is 0 Å². The van der Waals surface area contributed by atoms with Crippen molar-refractivity contribution in [1.82, 2.24) is 5.48 Å². The predicted molar refractivity (Wildman–Crippen MR) is 34.5 cm³/mol. The van der Waals surface area contributed by atoms with Crippen LogP contribution >= 0.6 is 0 Å². The first-order valence-corrected chi connectivity index (χ1v) is 3.33. The smallest absolute Gasteiger partial charge is 0.332 e. The Balaban J connectivity index is 2.02. The third-order valence-electron chi connectivity index (χ3n) is 1.32. The van der Waals surface area contributed by atoms with Crippen LogP contribution in [-0.4, -0.2) is 23.6 Å². The summed E-state index contributed by atoms with van der Waals surface area (Å²) in [6, 6.07) is 0. The van der Waals surface area contributed by atoms with Gasteiger partial charge in [0.15, 0.2) is 6.61 Å². The van der Waals surface area contributed by atoms with Crippen LogP contribution in [0.3, 0.4) is 0 Å². The summed E-state index contributed by atoms with van der Waals surface area (Å²) in [4.78, 5) is 25.0. The topological polar surface area (TPSA) is 75.6 Å². The van der Waals surface area contributed by atoms with Gasteiger partial charge in [-0.25, -0.2) is 10.3 Å². The fourth-order valence-electron chi connectivity index (χ4n) is 0.598. The van der Waals surface area contributed by atoms with Crippen LogP contribution in [-0.2, 0) is 14.4 Å². The Bertz CT molecular complexity index is 175. The lowest BCUT2D eigenvalue weighted by atomic mass is 10.4. The fourth-order valence-corrected chi connectivity index (χ4v) is 0.598. The van der Waals surface area contributed by atoms with Crippen LogP contribution in [0, 0.1) is 5.92 Å². The molecule has 0 aromatic rings. The van der Waals surface area contributed by atoms with E-state index >= 15 is 0 Å². The van der Waals surface area contributed by atoms with Crippen molar-refractivity contribution in [3.63, 3.8) is 0 Å². The minimum atomic E-state index is -1.10. The summed E-state index contributed by atoms with van der Waals surface area (Å²) < 4.78 is 0. The average molecular weight is 159 g/mol. The molecule has 1 aliphatic rings. The SMILES string of the molecule is O=C(O)CONC(=O)C1CC1. The van der Waals surface area contributed by atoms with Crippen LogP contribution in [0.25, 0.3) is 0 Å². The highest BCUT2D eigenvalue weighted by Gasteiger charge is 2.29. The number of carbonyl (C=O) groups is 2. The first-order valence-electron chi connectivity index (χ1n) is 3.33. The molecular weight excluding hydrogens is 150 g/mol. The third kappa shape index (κ3) is 2.99. The number of aliphatic carboxylic acids is 1. The van der Waals surface area contributed by atoms with Crippen molar-refractivity contribution in [2.45, 2.75) is 12.8 Å². The molecule has 0 saturated heterocycles. The Hall–Kier alpha value is -1.10. The highest BCUT2D eigenvalue weighted by molar-refractivity contribution is 5.80. The number of hydroxylamine groups is 1. The molecule has 1 rings (SSSR count). The number of carboxylic acid groups (broad SMARTS) is 1. The normalized spacial score (nSPS) is 16.0. The van der Waals surface area contributed by atoms with E-state index in [4.69, 9.17) is 5.11 Å². The van der Waals surface area contributed by atoms with Crippen molar-refractivity contribution in [3.8, 4) is 0 Å². The lowest BCUT2D eigenvalue weighted by Gasteiger charge is -2.00. The van der Waals surface area contributed by atoms with Crippen LogP contribution in [0.2, 0.25) is 0 Å². The highest BCUT2D eigenvalue weighted by atomic mass is 16.7. The van der Waals surface area contributed by atoms with E-state index in [-0.39, 0.29) is 11.8 Å². The number of rotatable bonds is 4. The van der Waals surface area contributed by atoms with Gasteiger partial charge in [-0.2, -0.15) is 0 Å². The van der Waals surface area contributed by atoms with Crippen molar-refractivity contribution in [2.75, 3.05) is 6.61 Å². The lowest BCUT2D eigenvalue weighted by molar-refractivity contribution is -0.149. The van der Waals surface area contributed by atoms with Crippen molar-refractivity contribution in [2.24, 2.45) is 5.92 Å². The number of carbonyl (C=O) groups excluding carboxylic acids is 1. The van der Waals surface area contributed by atoms with E-state index in [0.717, 1.165) is 12.8 Å². The van der Waals surface area contributed by atoms with Crippen LogP contribution in [0.1, 0.15) is 12.8 Å². The molecule has 1 fully saturated rings. The molecular formula is C6H9NO4. The van der Waals surface area contributed by atoms with Crippen LogP contribution in [0.5, 0.6) is 0 Å². The molecule has 0 heterocycles. The zero-order valence-corrected chi connectivity index (χ0v) is 5.87. The number of amides is 1. The molecule has 5 heteroatoms. The zero-order chi connectivity index (χ0) is 8.27. The lowest BCUT2D eigenvalue weighted by Crippen LogP contribution is -2.27. The standard InChI is InChI=1S/C6H9NO4/c8-5(9)3-11-7-6(10)4-1-2-4/h4H,1-3H2,(H,7,10)(H,8,9). The molecule has 0 aromatic carbocycles. The van der Waals surface area contributed by atoms with Gasteiger partial charge in [-0.05, 0) is 12.8 Å². The molecule has 2 N–H and O–H groups in total. The summed E-state index contributed by atoms with van der Waals surface area (Å²) >= 11 is 0. The van der Waals surface area contributed by atoms with Gasteiger partial charge in [0.2, 0.25) is 5.91 Å². The van der Waals surface area contributed by atoms with E-state index in [1.54, 1.807) is 0 Å². The summed E-state index contributed by atoms with van der Waals surface area (Å²) in [6.45, 7) is -0.488. The Kier molecular flexibility index (Phi) is 2.43. The van der Waals surface area contributed by atoms with Crippen LogP contribution in [0.4, 0.5) is 0 Å². The third-order valence-corrected chi connectivity index (χ3v) is 1.32. The summed E-state index contributed by atoms with van der Waals surface area (Å²) in [5, 5.41) is 8.10. The number of hydrogen-bond donors (Lipinski definition) is 2. The van der Waals surface area contributed by atoms with Gasteiger partial charge in [0.05, 0.1) is 0 Å². The largest absolute Gasteiger partial charge is 0.479 e. The van der Waals surface area contributed by atoms with E-state index in [1.165, 1.54) is 0 Å². The second-order valence-electron chi connectivity index (χ2n) is 2.42. The molecule has 62 valence electrons. The molecule has 5 nitrogen and oxygen atoms in total. The average Bonchev–Trinajstić information content (AvgIpc) is 2.66.